The Morgan fingerprint density at radius 3 is 2.46 bits per heavy atom. The second-order valence-corrected chi connectivity index (χ2v) is 15.2. The second-order valence-electron chi connectivity index (χ2n) is 13.6. The molecule has 1 saturated heterocycles. The molecule has 1 heterocycles. The number of nitrogens with zero attached hydrogens (tertiary/aromatic N) is 1. The van der Waals surface area contributed by atoms with Crippen molar-refractivity contribution < 1.29 is 22.1 Å². The molecule has 0 N–H and O–H groups in total. The van der Waals surface area contributed by atoms with E-state index in [4.69, 9.17) is 13.7 Å². The van der Waals surface area contributed by atoms with Crippen LogP contribution in [0.3, 0.4) is 0 Å². The highest BCUT2D eigenvalue weighted by atomic mass is 32.2. The average molecular weight is 554 g/mol. The molecule has 3 fully saturated rings. The fourth-order valence-electron chi connectivity index (χ4n) is 9.47. The maximum Gasteiger partial charge on any atom is 0.296 e. The lowest BCUT2D eigenvalue weighted by molar-refractivity contribution is -0.217. The van der Waals surface area contributed by atoms with Gasteiger partial charge in [-0.1, -0.05) is 49.6 Å². The SMILES string of the molecule is Cc1ccc(S(=O)(=O)OC[C@H](C)[C@H]2CC[C@H]3C4=C(CC[C@]23C)[C@@]2(C)CCC3(C[C@@]2(C#N)CC4)OCCO3)cc1. The van der Waals surface area contributed by atoms with Gasteiger partial charge >= 0.3 is 0 Å². The first kappa shape index (κ1) is 27.4. The van der Waals surface area contributed by atoms with Crippen molar-refractivity contribution in [1.82, 2.24) is 0 Å². The fraction of sp³-hybridized carbons (Fsp3) is 0.719. The van der Waals surface area contributed by atoms with E-state index in [0.29, 0.717) is 31.5 Å². The van der Waals surface area contributed by atoms with Crippen molar-refractivity contribution in [2.75, 3.05) is 19.8 Å². The third kappa shape index (κ3) is 4.16. The molecule has 6 atom stereocenters. The van der Waals surface area contributed by atoms with Gasteiger partial charge in [0.2, 0.25) is 0 Å². The molecule has 212 valence electrons. The standard InChI is InChI=1S/C32H43NO5S/c1-22-5-7-24(8-6-22)39(34,35)38-19-23(2)26-9-10-27-25-11-14-31(21-33)20-32(36-17-18-37-32)16-15-30(31,4)28(25)12-13-29(26,27)3/h5-8,23,26-27H,9-20H2,1-4H3/t23-,26+,27-,29+,30+,31+/m0/s1. The van der Waals surface area contributed by atoms with E-state index in [1.165, 1.54) is 0 Å². The normalized spacial score (nSPS) is 38.1. The summed E-state index contributed by atoms with van der Waals surface area (Å²) in [5.74, 6) is 0.496. The predicted octanol–water partition coefficient (Wildman–Crippen LogP) is 6.70. The van der Waals surface area contributed by atoms with Crippen molar-refractivity contribution >= 4 is 10.1 Å². The summed E-state index contributed by atoms with van der Waals surface area (Å²) >= 11 is 0. The van der Waals surface area contributed by atoms with E-state index in [1.807, 2.05) is 6.92 Å². The molecule has 6 nitrogen and oxygen atoms in total. The minimum absolute atomic E-state index is 0.131. The Balaban J connectivity index is 1.21. The Morgan fingerprint density at radius 1 is 1.05 bits per heavy atom. The first-order valence-corrected chi connectivity index (χ1v) is 16.3. The largest absolute Gasteiger partial charge is 0.347 e. The molecule has 0 amide bonds. The average Bonchev–Trinajstić information content (AvgIpc) is 3.52. The number of aryl methyl sites for hydroxylation is 1. The van der Waals surface area contributed by atoms with Gasteiger partial charge in [-0.3, -0.25) is 4.18 Å². The van der Waals surface area contributed by atoms with Crippen LogP contribution in [-0.4, -0.2) is 34.0 Å². The van der Waals surface area contributed by atoms with Crippen LogP contribution in [0.25, 0.3) is 0 Å². The molecule has 0 radical (unpaired) electrons. The molecule has 2 saturated carbocycles. The lowest BCUT2D eigenvalue weighted by atomic mass is 9.45. The van der Waals surface area contributed by atoms with Gasteiger partial charge in [-0.2, -0.15) is 13.7 Å². The summed E-state index contributed by atoms with van der Waals surface area (Å²) in [6.45, 7) is 10.4. The van der Waals surface area contributed by atoms with E-state index in [0.717, 1.165) is 56.9 Å². The quantitative estimate of drug-likeness (QED) is 0.298. The minimum atomic E-state index is -3.77. The van der Waals surface area contributed by atoms with E-state index < -0.39 is 21.3 Å². The first-order chi connectivity index (χ1) is 18.5. The molecule has 0 aromatic heterocycles. The number of rotatable bonds is 5. The van der Waals surface area contributed by atoms with Crippen molar-refractivity contribution in [3.05, 3.63) is 41.0 Å². The van der Waals surface area contributed by atoms with Crippen LogP contribution in [0.15, 0.2) is 40.3 Å². The van der Waals surface area contributed by atoms with Gasteiger partial charge in [-0.25, -0.2) is 0 Å². The molecule has 6 rings (SSSR count). The summed E-state index contributed by atoms with van der Waals surface area (Å²) in [5.41, 5.74) is 3.75. The number of ether oxygens (including phenoxy) is 2. The molecule has 1 spiro atoms. The maximum atomic E-state index is 12.9. The third-order valence-corrected chi connectivity index (χ3v) is 13.1. The van der Waals surface area contributed by atoms with Crippen molar-refractivity contribution in [1.29, 1.82) is 5.26 Å². The van der Waals surface area contributed by atoms with Crippen molar-refractivity contribution in [3.63, 3.8) is 0 Å². The molecular weight excluding hydrogens is 510 g/mol. The van der Waals surface area contributed by atoms with E-state index in [-0.39, 0.29) is 28.3 Å². The number of benzene rings is 1. The summed E-state index contributed by atoms with van der Waals surface area (Å²) in [4.78, 5) is 0.224. The maximum absolute atomic E-state index is 12.9. The summed E-state index contributed by atoms with van der Waals surface area (Å²) in [6, 6.07) is 9.68. The summed E-state index contributed by atoms with van der Waals surface area (Å²) in [7, 11) is -3.77. The van der Waals surface area contributed by atoms with E-state index in [2.05, 4.69) is 26.8 Å². The Labute approximate surface area is 234 Å². The molecular formula is C32H43NO5S. The molecule has 1 aromatic carbocycles. The first-order valence-electron chi connectivity index (χ1n) is 14.9. The van der Waals surface area contributed by atoms with Crippen molar-refractivity contribution in [2.45, 2.75) is 96.2 Å². The zero-order valence-electron chi connectivity index (χ0n) is 23.9. The molecule has 7 heteroatoms. The fourth-order valence-corrected chi connectivity index (χ4v) is 10.5. The second kappa shape index (κ2) is 9.41. The highest BCUT2D eigenvalue weighted by Gasteiger charge is 2.64. The van der Waals surface area contributed by atoms with E-state index in [1.54, 1.807) is 35.4 Å². The smallest absolute Gasteiger partial charge is 0.296 e. The van der Waals surface area contributed by atoms with Gasteiger partial charge in [0.1, 0.15) is 0 Å². The third-order valence-electron chi connectivity index (χ3n) is 11.8. The Morgan fingerprint density at radius 2 is 1.77 bits per heavy atom. The van der Waals surface area contributed by atoms with Gasteiger partial charge in [0.25, 0.3) is 10.1 Å². The van der Waals surface area contributed by atoms with Gasteiger partial charge in [-0.15, -0.1) is 0 Å². The van der Waals surface area contributed by atoms with Crippen molar-refractivity contribution in [3.8, 4) is 6.07 Å². The molecule has 0 bridgehead atoms. The van der Waals surface area contributed by atoms with Gasteiger partial charge in [0.05, 0.1) is 36.2 Å². The van der Waals surface area contributed by atoms with Crippen molar-refractivity contribution in [2.24, 2.45) is 34.0 Å². The summed E-state index contributed by atoms with van der Waals surface area (Å²) in [6.07, 6.45) is 8.68. The Bertz CT molecular complexity index is 1310. The van der Waals surface area contributed by atoms with E-state index in [9.17, 15) is 13.7 Å². The Kier molecular flexibility index (Phi) is 6.62. The minimum Gasteiger partial charge on any atom is -0.347 e. The van der Waals surface area contributed by atoms with Gasteiger partial charge < -0.3 is 9.47 Å². The molecule has 1 aliphatic heterocycles. The van der Waals surface area contributed by atoms with E-state index >= 15 is 0 Å². The van der Waals surface area contributed by atoms with Crippen LogP contribution in [0.2, 0.25) is 0 Å². The summed E-state index contributed by atoms with van der Waals surface area (Å²) in [5, 5.41) is 10.6. The van der Waals surface area contributed by atoms with Crippen LogP contribution >= 0.6 is 0 Å². The monoisotopic (exact) mass is 553 g/mol. The number of hydrogen-bond donors (Lipinski definition) is 0. The van der Waals surface area contributed by atoms with Crippen LogP contribution in [0.5, 0.6) is 0 Å². The lowest BCUT2D eigenvalue weighted by Crippen LogP contribution is -2.55. The number of hydrogen-bond acceptors (Lipinski definition) is 6. The predicted molar refractivity (Wildman–Crippen MR) is 148 cm³/mol. The molecule has 4 aliphatic carbocycles. The number of nitriles is 1. The van der Waals surface area contributed by atoms with Crippen LogP contribution in [-0.2, 0) is 23.8 Å². The molecule has 0 unspecified atom stereocenters. The van der Waals surface area contributed by atoms with Crippen LogP contribution in [0, 0.1) is 52.3 Å². The van der Waals surface area contributed by atoms with Gasteiger partial charge in [0, 0.05) is 18.3 Å². The van der Waals surface area contributed by atoms with Gasteiger partial charge in [0.15, 0.2) is 5.79 Å². The van der Waals surface area contributed by atoms with Crippen LogP contribution in [0.1, 0.15) is 84.1 Å². The molecule has 39 heavy (non-hydrogen) atoms. The zero-order chi connectivity index (χ0) is 27.7. The van der Waals surface area contributed by atoms with Gasteiger partial charge in [-0.05, 0) is 87.2 Å². The van der Waals surface area contributed by atoms with Crippen LogP contribution < -0.4 is 0 Å². The highest BCUT2D eigenvalue weighted by molar-refractivity contribution is 7.86. The van der Waals surface area contributed by atoms with Crippen LogP contribution in [0.4, 0.5) is 0 Å². The Hall–Kier alpha value is -1.72. The highest BCUT2D eigenvalue weighted by Crippen LogP contribution is 2.70. The number of fused-ring (bicyclic) bond motifs is 4. The zero-order valence-corrected chi connectivity index (χ0v) is 24.7. The summed E-state index contributed by atoms with van der Waals surface area (Å²) < 4.78 is 43.5. The molecule has 1 aromatic rings. The molecule has 5 aliphatic rings. The lowest BCUT2D eigenvalue weighted by Gasteiger charge is -2.59. The number of allylic oxidation sites excluding steroid dienone is 2. The topological polar surface area (TPSA) is 85.6 Å².